The maximum Gasteiger partial charge on any atom is 0.135 e. The molecule has 143 heavy (non-hydrogen) atoms. The fraction of sp³-hybridized carbons (Fsp3) is 0.169. The number of fused-ring (bicyclic) bond motifs is 9. The highest BCUT2D eigenvalue weighted by Crippen LogP contribution is 2.33. The molecule has 10 aromatic heterocycles. The lowest BCUT2D eigenvalue weighted by atomic mass is 10.1. The van der Waals surface area contributed by atoms with Crippen LogP contribution in [0.15, 0.2) is 576 Å². The fourth-order valence-corrected chi connectivity index (χ4v) is 11.9. The van der Waals surface area contributed by atoms with Gasteiger partial charge in [0.15, 0.2) is 0 Å². The van der Waals surface area contributed by atoms with Gasteiger partial charge in [-0.05, 0) is 125 Å². The van der Waals surface area contributed by atoms with E-state index in [1.807, 2.05) is 333 Å². The van der Waals surface area contributed by atoms with Crippen LogP contribution in [0.3, 0.4) is 0 Å². The van der Waals surface area contributed by atoms with Crippen LogP contribution in [0.25, 0.3) is 73.9 Å². The highest BCUT2D eigenvalue weighted by Gasteiger charge is 2.04. The van der Waals surface area contributed by atoms with Gasteiger partial charge in [-0.2, -0.15) is 0 Å². The summed E-state index contributed by atoms with van der Waals surface area (Å²) in [6, 6.07) is 157. The third-order valence-corrected chi connectivity index (χ3v) is 17.6. The van der Waals surface area contributed by atoms with Crippen LogP contribution in [0.1, 0.15) is 163 Å². The molecule has 0 aliphatic heterocycles. The summed E-state index contributed by atoms with van der Waals surface area (Å²) in [6.07, 6.45) is 25.0. The largest absolute Gasteiger partial charge is 0.456 e. The van der Waals surface area contributed by atoms with Gasteiger partial charge < -0.3 is 4.42 Å². The molecule has 0 bridgehead atoms. The molecule has 0 aliphatic carbocycles. The number of aromatic nitrogens is 10. The maximum absolute atomic E-state index is 5.65. The van der Waals surface area contributed by atoms with E-state index in [1.165, 1.54) is 82.5 Å². The zero-order chi connectivity index (χ0) is 83.7. The van der Waals surface area contributed by atoms with Crippen molar-refractivity contribution in [2.45, 2.75) is 163 Å². The molecule has 770 valence electrons. The second kappa shape index (κ2) is 111. The number of thiophene rings is 2. The number of pyridine rings is 5. The van der Waals surface area contributed by atoms with Crippen LogP contribution in [0.2, 0.25) is 0 Å². The van der Waals surface area contributed by atoms with E-state index >= 15 is 0 Å². The molecule has 11 nitrogen and oxygen atoms in total. The number of rotatable bonds is 0. The van der Waals surface area contributed by atoms with E-state index in [2.05, 4.69) is 207 Å². The first-order valence-electron chi connectivity index (χ1n) is 38.8. The van der Waals surface area contributed by atoms with E-state index in [1.54, 1.807) is 79.4 Å². The van der Waals surface area contributed by atoms with Crippen LogP contribution in [0.5, 0.6) is 0 Å². The van der Waals surface area contributed by atoms with Crippen LogP contribution in [-0.2, 0) is 0 Å². The number of nitrogens with zero attached hydrogens (tertiary/aromatic N) is 10. The van der Waals surface area contributed by atoms with Crippen LogP contribution < -0.4 is 0 Å². The number of para-hydroxylation sites is 3. The van der Waals surface area contributed by atoms with Crippen LogP contribution >= 0.6 is 22.7 Å². The highest BCUT2D eigenvalue weighted by atomic mass is 32.1. The Bertz CT molecular complexity index is 4840. The standard InChI is InChI=1S/C12H8O.C12H8S.C10H8.C9H7N.C8H6S.5C6H6.4C5H5N.C4H4N2.C3H3N3.22CH4/c2*1-3-7-11-9(5-1)10-6-2-4-8-12(10)13-11;1-2-6-10-8-4-3-7-9(10)5-1;1-2-6-9-8(4-1)5-3-7-10-9;1-2-4-8-7(3-1)5-6-9-8;9*1-2-4-6-5-3-1;1-2-5-4-6-3-1;1-4-2-6-3-5-1;;;;;;;;;;;;;;;;;;;;;;/h2*1-8H;1-8H;1-7H;1-6H;5*1-6H;4*1-5H;1-4H;1-3H;22*1H4. The Morgan fingerprint density at radius 1 is 0.147 bits per heavy atom. The van der Waals surface area contributed by atoms with E-state index in [0.717, 1.165) is 16.7 Å². The van der Waals surface area contributed by atoms with Gasteiger partial charge in [-0.25, -0.2) is 24.9 Å². The van der Waals surface area contributed by atoms with Crippen molar-refractivity contribution < 1.29 is 4.42 Å². The van der Waals surface area contributed by atoms with E-state index in [0.29, 0.717) is 0 Å². The summed E-state index contributed by atoms with van der Waals surface area (Å²) in [5.74, 6) is 0. The SMILES string of the molecule is C.C.C.C.C.C.C.C.C.C.C.C.C.C.C.C.C.C.C.C.C.C.c1ccc2c(c1)oc1ccccc12.c1ccc2c(c1)sc1ccccc12.c1ccc2ccccc2c1.c1ccc2ncccc2c1.c1ccc2sccc2c1.c1ccccc1.c1ccccc1.c1ccccc1.c1ccccc1.c1ccccc1.c1ccncc1.c1ccncc1.c1ccncc1.c1ccncc1.c1cncnc1.c1ncncn1. The summed E-state index contributed by atoms with van der Waals surface area (Å²) in [4.78, 5) is 37.4. The zero-order valence-electron chi connectivity index (χ0n) is 67.0. The molecule has 0 unspecified atom stereocenters. The Hall–Kier alpha value is -15.8. The monoisotopic (exact) mass is 1960 g/mol. The van der Waals surface area contributed by atoms with Crippen molar-refractivity contribution in [3.8, 4) is 0 Å². The molecule has 0 radical (unpaired) electrons. The Labute approximate surface area is 880 Å². The van der Waals surface area contributed by atoms with Crippen molar-refractivity contribution in [3.05, 3.63) is 572 Å². The van der Waals surface area contributed by atoms with Gasteiger partial charge in [0.2, 0.25) is 0 Å². The second-order valence-electron chi connectivity index (χ2n) is 24.3. The minimum atomic E-state index is 0. The lowest BCUT2D eigenvalue weighted by molar-refractivity contribution is 0.669. The predicted octanol–water partition coefficient (Wildman–Crippen LogP) is 42.7. The molecular weight excluding hydrogens is 1780 g/mol. The Balaban J connectivity index is -0.0000000938. The van der Waals surface area contributed by atoms with E-state index in [4.69, 9.17) is 4.42 Å². The van der Waals surface area contributed by atoms with Gasteiger partial charge >= 0.3 is 0 Å². The van der Waals surface area contributed by atoms with Crippen LogP contribution in [0.4, 0.5) is 0 Å². The number of hydrogen-bond acceptors (Lipinski definition) is 13. The fourth-order valence-electron chi connectivity index (χ4n) is 10.0. The lowest BCUT2D eigenvalue weighted by Gasteiger charge is -1.92. The Kier molecular flexibility index (Phi) is 125. The van der Waals surface area contributed by atoms with Crippen LogP contribution in [-0.4, -0.2) is 49.8 Å². The summed E-state index contributed by atoms with van der Waals surface area (Å²) in [5, 5.41) is 12.4. The molecule has 13 aromatic carbocycles. The van der Waals surface area contributed by atoms with Gasteiger partial charge in [0.05, 0.1) is 5.52 Å². The second-order valence-corrected chi connectivity index (χ2v) is 26.3. The number of hydrogen-bond donors (Lipinski definition) is 0. The molecular formula is C130H182N10OS2. The quantitative estimate of drug-likeness (QED) is 0.143. The molecule has 23 aromatic rings. The molecule has 0 saturated heterocycles. The lowest BCUT2D eigenvalue weighted by Crippen LogP contribution is -1.73. The normalized spacial score (nSPS) is 7.75. The van der Waals surface area contributed by atoms with Crippen molar-refractivity contribution in [1.82, 2.24) is 49.8 Å². The zero-order valence-corrected chi connectivity index (χ0v) is 68.6. The van der Waals surface area contributed by atoms with Crippen molar-refractivity contribution in [1.29, 1.82) is 0 Å². The first kappa shape index (κ1) is 161. The number of benzene rings is 13. The van der Waals surface area contributed by atoms with Gasteiger partial charge in [-0.1, -0.05) is 533 Å². The van der Waals surface area contributed by atoms with Crippen molar-refractivity contribution in [3.63, 3.8) is 0 Å². The van der Waals surface area contributed by atoms with Gasteiger partial charge in [0.1, 0.15) is 36.5 Å². The third-order valence-electron chi connectivity index (χ3n) is 15.6. The molecule has 10 heterocycles. The summed E-state index contributed by atoms with van der Waals surface area (Å²) in [7, 11) is 0. The third kappa shape index (κ3) is 73.1. The van der Waals surface area contributed by atoms with Gasteiger partial charge in [0, 0.05) is 109 Å². The van der Waals surface area contributed by atoms with E-state index < -0.39 is 0 Å². The molecule has 0 spiro atoms. The van der Waals surface area contributed by atoms with Gasteiger partial charge in [0.25, 0.3) is 0 Å². The number of furan rings is 1. The van der Waals surface area contributed by atoms with Crippen molar-refractivity contribution in [2.75, 3.05) is 0 Å². The minimum absolute atomic E-state index is 0. The summed E-state index contributed by atoms with van der Waals surface area (Å²) >= 11 is 3.65. The van der Waals surface area contributed by atoms with Crippen LogP contribution in [0, 0.1) is 0 Å². The molecule has 0 aliphatic rings. The Morgan fingerprint density at radius 2 is 0.364 bits per heavy atom. The summed E-state index contributed by atoms with van der Waals surface area (Å²) < 4.78 is 9.78. The first-order valence-corrected chi connectivity index (χ1v) is 40.5. The molecule has 0 N–H and O–H groups in total. The topological polar surface area (TPSA) is 142 Å². The highest BCUT2D eigenvalue weighted by molar-refractivity contribution is 7.25. The van der Waals surface area contributed by atoms with Crippen molar-refractivity contribution >= 4 is 96.5 Å². The molecule has 0 atom stereocenters. The summed E-state index contributed by atoms with van der Waals surface area (Å²) in [6.45, 7) is 0. The molecule has 13 heteroatoms. The summed E-state index contributed by atoms with van der Waals surface area (Å²) in [5.41, 5.74) is 2.98. The van der Waals surface area contributed by atoms with Gasteiger partial charge in [-0.15, -0.1) is 22.7 Å². The molecule has 0 amide bonds. The maximum atomic E-state index is 5.65. The molecule has 23 rings (SSSR count). The Morgan fingerprint density at radius 3 is 0.601 bits per heavy atom. The smallest absolute Gasteiger partial charge is 0.135 e. The minimum Gasteiger partial charge on any atom is -0.456 e. The average molecular weight is 1970 g/mol. The van der Waals surface area contributed by atoms with E-state index in [9.17, 15) is 0 Å². The first-order chi connectivity index (χ1) is 60.3. The molecule has 0 fully saturated rings. The average Bonchev–Trinajstić information content (AvgIpc) is 1.65. The van der Waals surface area contributed by atoms with Gasteiger partial charge in [-0.3, -0.25) is 24.9 Å². The van der Waals surface area contributed by atoms with E-state index in [-0.39, 0.29) is 163 Å². The predicted molar refractivity (Wildman–Crippen MR) is 660 cm³/mol. The molecule has 0 saturated carbocycles. The van der Waals surface area contributed by atoms with Crippen molar-refractivity contribution in [2.24, 2.45) is 0 Å².